The van der Waals surface area contributed by atoms with Gasteiger partial charge in [0.1, 0.15) is 17.4 Å². The molecule has 2 heterocycles. The van der Waals surface area contributed by atoms with E-state index in [1.807, 2.05) is 78.2 Å². The molecular formula is C23H21N3O2. The monoisotopic (exact) mass is 371 g/mol. The van der Waals surface area contributed by atoms with Crippen LogP contribution in [0.1, 0.15) is 12.5 Å². The fourth-order valence-electron chi connectivity index (χ4n) is 3.28. The average Bonchev–Trinajstić information content (AvgIpc) is 2.90. The summed E-state index contributed by atoms with van der Waals surface area (Å²) >= 11 is 0. The molecule has 5 nitrogen and oxygen atoms in total. The second-order valence-electron chi connectivity index (χ2n) is 6.58. The zero-order valence-electron chi connectivity index (χ0n) is 15.8. The van der Waals surface area contributed by atoms with Gasteiger partial charge in [-0.1, -0.05) is 30.3 Å². The smallest absolute Gasteiger partial charge is 0.189 e. The van der Waals surface area contributed by atoms with E-state index in [0.29, 0.717) is 23.6 Å². The summed E-state index contributed by atoms with van der Waals surface area (Å²) in [6, 6.07) is 19.2. The molecule has 0 atom stereocenters. The number of pyridine rings is 1. The maximum absolute atomic E-state index is 12.9. The van der Waals surface area contributed by atoms with Crippen LogP contribution in [-0.4, -0.2) is 17.4 Å². The van der Waals surface area contributed by atoms with E-state index in [-0.39, 0.29) is 5.43 Å². The first-order valence-electron chi connectivity index (χ1n) is 9.13. The highest BCUT2D eigenvalue weighted by Gasteiger charge is 2.18. The third-order valence-corrected chi connectivity index (χ3v) is 4.61. The number of benzene rings is 2. The molecule has 4 rings (SSSR count). The number of aliphatic imine (C=N–C) groups is 1. The number of anilines is 2. The van der Waals surface area contributed by atoms with Gasteiger partial charge in [0.05, 0.1) is 7.11 Å². The third kappa shape index (κ3) is 3.47. The Balaban J connectivity index is 1.94. The van der Waals surface area contributed by atoms with E-state index in [4.69, 9.17) is 9.73 Å². The van der Waals surface area contributed by atoms with Gasteiger partial charge in [-0.15, -0.1) is 0 Å². The molecule has 1 aliphatic rings. The zero-order valence-corrected chi connectivity index (χ0v) is 15.8. The molecule has 0 radical (unpaired) electrons. The topological polar surface area (TPSA) is 55.6 Å². The fraction of sp³-hybridized carbons (Fsp3) is 0.130. The molecule has 0 amide bonds. The second-order valence-corrected chi connectivity index (χ2v) is 6.58. The quantitative estimate of drug-likeness (QED) is 0.717. The summed E-state index contributed by atoms with van der Waals surface area (Å²) in [5.74, 6) is 2.06. The number of nitrogens with zero attached hydrogens (tertiary/aromatic N) is 2. The third-order valence-electron chi connectivity index (χ3n) is 4.61. The summed E-state index contributed by atoms with van der Waals surface area (Å²) in [6.45, 7) is 1.94. The molecule has 0 saturated carbocycles. The maximum atomic E-state index is 12.9. The van der Waals surface area contributed by atoms with E-state index in [1.54, 1.807) is 13.2 Å². The van der Waals surface area contributed by atoms with Crippen molar-refractivity contribution in [2.75, 3.05) is 12.4 Å². The van der Waals surface area contributed by atoms with Crippen LogP contribution in [0, 0.1) is 0 Å². The lowest BCUT2D eigenvalue weighted by molar-refractivity contribution is 0.415. The van der Waals surface area contributed by atoms with Crippen molar-refractivity contribution in [1.82, 2.24) is 4.57 Å². The van der Waals surface area contributed by atoms with Crippen LogP contribution in [0.15, 0.2) is 82.6 Å². The average molecular weight is 371 g/mol. The Labute approximate surface area is 163 Å². The number of fused-ring (bicyclic) bond motifs is 1. The Kier molecular flexibility index (Phi) is 4.81. The van der Waals surface area contributed by atoms with E-state index in [2.05, 4.69) is 5.32 Å². The normalized spacial score (nSPS) is 12.7. The van der Waals surface area contributed by atoms with Gasteiger partial charge in [-0.05, 0) is 43.7 Å². The number of ether oxygens (including phenoxy) is 1. The van der Waals surface area contributed by atoms with Gasteiger partial charge >= 0.3 is 0 Å². The molecule has 5 heteroatoms. The van der Waals surface area contributed by atoms with Gasteiger partial charge in [0.15, 0.2) is 5.43 Å². The van der Waals surface area contributed by atoms with Crippen LogP contribution in [0.3, 0.4) is 0 Å². The minimum atomic E-state index is -0.0318. The lowest BCUT2D eigenvalue weighted by Gasteiger charge is -2.20. The fourth-order valence-corrected chi connectivity index (χ4v) is 3.28. The summed E-state index contributed by atoms with van der Waals surface area (Å²) < 4.78 is 7.31. The Morgan fingerprint density at radius 2 is 1.89 bits per heavy atom. The molecule has 0 aliphatic carbocycles. The molecule has 140 valence electrons. The van der Waals surface area contributed by atoms with Gasteiger partial charge in [0.2, 0.25) is 0 Å². The minimum Gasteiger partial charge on any atom is -0.497 e. The largest absolute Gasteiger partial charge is 0.497 e. The maximum Gasteiger partial charge on any atom is 0.189 e. The van der Waals surface area contributed by atoms with Crippen LogP contribution in [0.5, 0.6) is 5.75 Å². The standard InChI is InChI=1S/C23H21N3O2/c1-16-8-6-13-20-21(27)15-22(25-17-9-7-12-19(14-17)28-2)26(23(20)24-16)18-10-4-3-5-11-18/h3-12,14-15,25H,13H2,1-2H3. The molecule has 1 aliphatic heterocycles. The molecule has 3 aromatic rings. The van der Waals surface area contributed by atoms with E-state index >= 15 is 0 Å². The number of rotatable bonds is 4. The van der Waals surface area contributed by atoms with Crippen molar-refractivity contribution in [1.29, 1.82) is 0 Å². The molecule has 0 saturated heterocycles. The summed E-state index contributed by atoms with van der Waals surface area (Å²) in [7, 11) is 1.63. The van der Waals surface area contributed by atoms with Gasteiger partial charge in [-0.25, -0.2) is 4.99 Å². The number of allylic oxidation sites excluding steroid dienone is 2. The van der Waals surface area contributed by atoms with Gasteiger partial charge in [0, 0.05) is 34.8 Å². The SMILES string of the molecule is COc1cccc(Nc2cc(=O)c3c(n2-c2ccccc2)N=C(C)C=CC3)c1. The lowest BCUT2D eigenvalue weighted by Crippen LogP contribution is -2.16. The Hall–Kier alpha value is -3.60. The van der Waals surface area contributed by atoms with Crippen molar-refractivity contribution < 1.29 is 4.74 Å². The van der Waals surface area contributed by atoms with Crippen molar-refractivity contribution in [2.24, 2.45) is 4.99 Å². The first kappa shape index (κ1) is 17.8. The molecule has 0 unspecified atom stereocenters. The minimum absolute atomic E-state index is 0.0318. The summed E-state index contributed by atoms with van der Waals surface area (Å²) in [4.78, 5) is 17.6. The number of methoxy groups -OCH3 is 1. The number of hydrogen-bond acceptors (Lipinski definition) is 4. The van der Waals surface area contributed by atoms with Gasteiger partial charge in [-0.2, -0.15) is 0 Å². The molecule has 1 N–H and O–H groups in total. The van der Waals surface area contributed by atoms with Crippen LogP contribution >= 0.6 is 0 Å². The molecule has 1 aromatic heterocycles. The summed E-state index contributed by atoms with van der Waals surface area (Å²) in [5.41, 5.74) is 3.28. The van der Waals surface area contributed by atoms with Crippen molar-refractivity contribution in [3.8, 4) is 11.4 Å². The number of hydrogen-bond donors (Lipinski definition) is 1. The van der Waals surface area contributed by atoms with Crippen molar-refractivity contribution >= 4 is 23.0 Å². The van der Waals surface area contributed by atoms with Crippen LogP contribution in [0.2, 0.25) is 0 Å². The first-order valence-corrected chi connectivity index (χ1v) is 9.13. The van der Waals surface area contributed by atoms with Crippen molar-refractivity contribution in [2.45, 2.75) is 13.3 Å². The molecule has 0 bridgehead atoms. The summed E-state index contributed by atoms with van der Waals surface area (Å²) in [6.07, 6.45) is 4.49. The van der Waals surface area contributed by atoms with Crippen molar-refractivity contribution in [3.63, 3.8) is 0 Å². The van der Waals surface area contributed by atoms with Gasteiger partial charge < -0.3 is 10.1 Å². The Bertz CT molecular complexity index is 1130. The number of nitrogens with one attached hydrogen (secondary N) is 1. The van der Waals surface area contributed by atoms with Crippen LogP contribution in [-0.2, 0) is 6.42 Å². The predicted molar refractivity (Wildman–Crippen MR) is 114 cm³/mol. The van der Waals surface area contributed by atoms with E-state index < -0.39 is 0 Å². The summed E-state index contributed by atoms with van der Waals surface area (Å²) in [5, 5.41) is 3.37. The first-order chi connectivity index (χ1) is 13.7. The molecule has 28 heavy (non-hydrogen) atoms. The Morgan fingerprint density at radius 3 is 2.68 bits per heavy atom. The highest BCUT2D eigenvalue weighted by Crippen LogP contribution is 2.31. The predicted octanol–water partition coefficient (Wildman–Crippen LogP) is 4.79. The van der Waals surface area contributed by atoms with E-state index in [1.165, 1.54) is 0 Å². The highest BCUT2D eigenvalue weighted by atomic mass is 16.5. The molecule has 2 aromatic carbocycles. The van der Waals surface area contributed by atoms with Crippen LogP contribution in [0.25, 0.3) is 5.69 Å². The van der Waals surface area contributed by atoms with Gasteiger partial charge in [-0.3, -0.25) is 9.36 Å². The molecule has 0 fully saturated rings. The van der Waals surface area contributed by atoms with E-state index in [0.717, 1.165) is 22.8 Å². The number of aromatic nitrogens is 1. The van der Waals surface area contributed by atoms with Crippen LogP contribution < -0.4 is 15.5 Å². The Morgan fingerprint density at radius 1 is 1.07 bits per heavy atom. The molecule has 0 spiro atoms. The zero-order chi connectivity index (χ0) is 19.5. The molecular weight excluding hydrogens is 350 g/mol. The lowest BCUT2D eigenvalue weighted by atomic mass is 10.1. The van der Waals surface area contributed by atoms with Crippen molar-refractivity contribution in [3.05, 3.63) is 88.6 Å². The van der Waals surface area contributed by atoms with Gasteiger partial charge in [0.25, 0.3) is 0 Å². The van der Waals surface area contributed by atoms with E-state index in [9.17, 15) is 4.79 Å². The highest BCUT2D eigenvalue weighted by molar-refractivity contribution is 5.95. The van der Waals surface area contributed by atoms with Crippen LogP contribution in [0.4, 0.5) is 17.3 Å². The second kappa shape index (κ2) is 7.56. The number of para-hydroxylation sites is 1.